The zero-order valence-corrected chi connectivity index (χ0v) is 14.0. The molecule has 1 atom stereocenters. The van der Waals surface area contributed by atoms with Gasteiger partial charge in [0, 0.05) is 38.1 Å². The predicted octanol–water partition coefficient (Wildman–Crippen LogP) is 0.750. The smallest absolute Gasteiger partial charge is 0.211 e. The number of sulfonamides is 1. The van der Waals surface area contributed by atoms with Crippen molar-refractivity contribution in [3.05, 3.63) is 23.6 Å². The Morgan fingerprint density at radius 1 is 1.43 bits per heavy atom. The SMILES string of the molecule is CS(=O)(=O)N1CCOC(CNc2nc(Cl)cc3nccnc23)C1. The molecule has 2 aromatic heterocycles. The van der Waals surface area contributed by atoms with E-state index in [2.05, 4.69) is 20.3 Å². The highest BCUT2D eigenvalue weighted by molar-refractivity contribution is 7.88. The summed E-state index contributed by atoms with van der Waals surface area (Å²) in [6.07, 6.45) is 4.08. The maximum atomic E-state index is 11.6. The molecule has 3 rings (SSSR count). The average Bonchev–Trinajstić information content (AvgIpc) is 2.52. The molecule has 0 bridgehead atoms. The van der Waals surface area contributed by atoms with Gasteiger partial charge in [-0.15, -0.1) is 0 Å². The molecular formula is C13H16ClN5O3S. The zero-order valence-electron chi connectivity index (χ0n) is 12.4. The van der Waals surface area contributed by atoms with Crippen LogP contribution in [0.4, 0.5) is 5.82 Å². The minimum absolute atomic E-state index is 0.272. The first-order valence-electron chi connectivity index (χ1n) is 7.01. The average molecular weight is 358 g/mol. The minimum Gasteiger partial charge on any atom is -0.374 e. The van der Waals surface area contributed by atoms with Gasteiger partial charge in [0.25, 0.3) is 0 Å². The van der Waals surface area contributed by atoms with Crippen LogP contribution in [0, 0.1) is 0 Å². The van der Waals surface area contributed by atoms with Crippen molar-refractivity contribution in [3.63, 3.8) is 0 Å². The summed E-state index contributed by atoms with van der Waals surface area (Å²) in [6, 6.07) is 1.64. The molecule has 23 heavy (non-hydrogen) atoms. The van der Waals surface area contributed by atoms with Crippen molar-refractivity contribution in [3.8, 4) is 0 Å². The van der Waals surface area contributed by atoms with Gasteiger partial charge in [-0.05, 0) is 0 Å². The zero-order chi connectivity index (χ0) is 16.4. The van der Waals surface area contributed by atoms with Gasteiger partial charge < -0.3 is 10.1 Å². The van der Waals surface area contributed by atoms with Crippen molar-refractivity contribution in [1.82, 2.24) is 19.3 Å². The molecule has 1 N–H and O–H groups in total. The summed E-state index contributed by atoms with van der Waals surface area (Å²) in [6.45, 7) is 1.43. The van der Waals surface area contributed by atoms with E-state index in [9.17, 15) is 8.42 Å². The van der Waals surface area contributed by atoms with Gasteiger partial charge in [0.05, 0.1) is 24.5 Å². The van der Waals surface area contributed by atoms with Crippen LogP contribution in [-0.4, -0.2) is 66.3 Å². The highest BCUT2D eigenvalue weighted by atomic mass is 35.5. The third-order valence-electron chi connectivity index (χ3n) is 3.49. The van der Waals surface area contributed by atoms with Crippen LogP contribution < -0.4 is 5.32 Å². The molecule has 1 unspecified atom stereocenters. The number of nitrogens with one attached hydrogen (secondary N) is 1. The minimum atomic E-state index is -3.22. The molecule has 1 saturated heterocycles. The Morgan fingerprint density at radius 3 is 3.00 bits per heavy atom. The quantitative estimate of drug-likeness (QED) is 0.806. The first kappa shape index (κ1) is 16.3. The topological polar surface area (TPSA) is 97.3 Å². The number of anilines is 1. The largest absolute Gasteiger partial charge is 0.374 e. The molecule has 2 aromatic rings. The third-order valence-corrected chi connectivity index (χ3v) is 4.96. The second kappa shape index (κ2) is 6.52. The Balaban J connectivity index is 1.73. The number of halogens is 1. The van der Waals surface area contributed by atoms with Crippen molar-refractivity contribution >= 4 is 38.5 Å². The van der Waals surface area contributed by atoms with Gasteiger partial charge in [0.1, 0.15) is 10.7 Å². The number of rotatable bonds is 4. The molecule has 0 saturated carbocycles. The first-order chi connectivity index (χ1) is 10.9. The van der Waals surface area contributed by atoms with E-state index in [1.807, 2.05) is 0 Å². The fraction of sp³-hybridized carbons (Fsp3) is 0.462. The second-order valence-corrected chi connectivity index (χ2v) is 7.58. The first-order valence-corrected chi connectivity index (χ1v) is 9.24. The van der Waals surface area contributed by atoms with Gasteiger partial charge in [-0.3, -0.25) is 4.98 Å². The van der Waals surface area contributed by atoms with Crippen molar-refractivity contribution in [2.45, 2.75) is 6.10 Å². The lowest BCUT2D eigenvalue weighted by atomic mass is 10.3. The van der Waals surface area contributed by atoms with E-state index < -0.39 is 10.0 Å². The molecule has 0 aromatic carbocycles. The Bertz CT molecular complexity index is 816. The molecule has 0 radical (unpaired) electrons. The molecule has 0 aliphatic carbocycles. The number of hydrogen-bond donors (Lipinski definition) is 1. The van der Waals surface area contributed by atoms with Crippen LogP contribution in [0.3, 0.4) is 0 Å². The van der Waals surface area contributed by atoms with Crippen molar-refractivity contribution in [2.24, 2.45) is 0 Å². The molecule has 124 valence electrons. The summed E-state index contributed by atoms with van der Waals surface area (Å²) < 4.78 is 30.3. The molecule has 8 nitrogen and oxygen atoms in total. The summed E-state index contributed by atoms with van der Waals surface area (Å²) in [5, 5.41) is 3.43. The normalized spacial score (nSPS) is 19.8. The van der Waals surface area contributed by atoms with Gasteiger partial charge in [0.2, 0.25) is 10.0 Å². The predicted molar refractivity (Wildman–Crippen MR) is 87.0 cm³/mol. The molecule has 1 aliphatic heterocycles. The highest BCUT2D eigenvalue weighted by Crippen LogP contribution is 2.21. The Kier molecular flexibility index (Phi) is 4.62. The van der Waals surface area contributed by atoms with Gasteiger partial charge in [-0.2, -0.15) is 4.31 Å². The summed E-state index contributed by atoms with van der Waals surface area (Å²) in [4.78, 5) is 12.7. The lowest BCUT2D eigenvalue weighted by molar-refractivity contribution is 0.00702. The van der Waals surface area contributed by atoms with Crippen LogP contribution in [-0.2, 0) is 14.8 Å². The number of morpholine rings is 1. The molecule has 3 heterocycles. The molecular weight excluding hydrogens is 342 g/mol. The van der Waals surface area contributed by atoms with Gasteiger partial charge in [0.15, 0.2) is 5.82 Å². The maximum Gasteiger partial charge on any atom is 0.211 e. The van der Waals surface area contributed by atoms with Crippen LogP contribution in [0.5, 0.6) is 0 Å². The summed E-state index contributed by atoms with van der Waals surface area (Å²) in [7, 11) is -3.22. The van der Waals surface area contributed by atoms with Crippen LogP contribution >= 0.6 is 11.6 Å². The molecule has 1 aliphatic rings. The van der Waals surface area contributed by atoms with E-state index in [0.29, 0.717) is 48.2 Å². The fourth-order valence-corrected chi connectivity index (χ4v) is 3.42. The van der Waals surface area contributed by atoms with Gasteiger partial charge >= 0.3 is 0 Å². The lowest BCUT2D eigenvalue weighted by Crippen LogP contribution is -2.47. The van der Waals surface area contributed by atoms with Crippen molar-refractivity contribution in [1.29, 1.82) is 0 Å². The van der Waals surface area contributed by atoms with Gasteiger partial charge in [-0.1, -0.05) is 11.6 Å². The number of aromatic nitrogens is 3. The van der Waals surface area contributed by atoms with E-state index >= 15 is 0 Å². The molecule has 1 fully saturated rings. The van der Waals surface area contributed by atoms with Crippen molar-refractivity contribution in [2.75, 3.05) is 37.8 Å². The summed E-state index contributed by atoms with van der Waals surface area (Å²) in [5.41, 5.74) is 1.24. The maximum absolute atomic E-state index is 11.6. The Labute approximate surface area is 138 Å². The third kappa shape index (κ3) is 3.86. The monoisotopic (exact) mass is 357 g/mol. The second-order valence-electron chi connectivity index (χ2n) is 5.21. The fourth-order valence-electron chi connectivity index (χ4n) is 2.39. The standard InChI is InChI=1S/C13H16ClN5O3S/c1-23(20,21)19-4-5-22-9(8-19)7-17-13-12-10(6-11(14)18-13)15-2-3-16-12/h2-3,6,9H,4-5,7-8H2,1H3,(H,17,18). The highest BCUT2D eigenvalue weighted by Gasteiger charge is 2.26. The summed E-state index contributed by atoms with van der Waals surface area (Å²) >= 11 is 5.99. The number of ether oxygens (including phenoxy) is 1. The van der Waals surface area contributed by atoms with Crippen LogP contribution in [0.1, 0.15) is 0 Å². The van der Waals surface area contributed by atoms with E-state index in [4.69, 9.17) is 16.3 Å². The van der Waals surface area contributed by atoms with Crippen LogP contribution in [0.25, 0.3) is 11.0 Å². The van der Waals surface area contributed by atoms with E-state index in [1.54, 1.807) is 18.5 Å². The van der Waals surface area contributed by atoms with E-state index in [-0.39, 0.29) is 6.10 Å². The van der Waals surface area contributed by atoms with E-state index in [0.717, 1.165) is 0 Å². The number of pyridine rings is 1. The number of nitrogens with zero attached hydrogens (tertiary/aromatic N) is 4. The molecule has 0 spiro atoms. The number of hydrogen-bond acceptors (Lipinski definition) is 7. The Morgan fingerprint density at radius 2 is 2.22 bits per heavy atom. The van der Waals surface area contributed by atoms with Crippen LogP contribution in [0.2, 0.25) is 5.15 Å². The summed E-state index contributed by atoms with van der Waals surface area (Å²) in [5.74, 6) is 0.501. The van der Waals surface area contributed by atoms with Crippen molar-refractivity contribution < 1.29 is 13.2 Å². The molecule has 0 amide bonds. The van der Waals surface area contributed by atoms with E-state index in [1.165, 1.54) is 10.6 Å². The lowest BCUT2D eigenvalue weighted by Gasteiger charge is -2.31. The van der Waals surface area contributed by atoms with Crippen LogP contribution in [0.15, 0.2) is 18.5 Å². The molecule has 10 heteroatoms. The number of fused-ring (bicyclic) bond motifs is 1. The Hall–Kier alpha value is -1.55. The van der Waals surface area contributed by atoms with Gasteiger partial charge in [-0.25, -0.2) is 18.4 Å².